The SMILES string of the molecule is C[C@@H]1[C@@H]2C[C@H]([C@H](S(=O)(=O)N3CCOCC3)/C2=N\O)C1(C)C. The highest BCUT2D eigenvalue weighted by atomic mass is 32.2. The maximum Gasteiger partial charge on any atom is 0.222 e. The van der Waals surface area contributed by atoms with Gasteiger partial charge in [-0.1, -0.05) is 25.9 Å². The van der Waals surface area contributed by atoms with Gasteiger partial charge in [-0.2, -0.15) is 4.31 Å². The molecule has 2 saturated carbocycles. The van der Waals surface area contributed by atoms with Gasteiger partial charge in [0.05, 0.1) is 18.9 Å². The van der Waals surface area contributed by atoms with Crippen LogP contribution in [-0.2, 0) is 14.8 Å². The number of oxime groups is 1. The molecule has 2 aliphatic carbocycles. The summed E-state index contributed by atoms with van der Waals surface area (Å²) in [5.74, 6) is 0.441. The predicted molar refractivity (Wildman–Crippen MR) is 78.9 cm³/mol. The summed E-state index contributed by atoms with van der Waals surface area (Å²) in [5, 5.41) is 12.1. The van der Waals surface area contributed by atoms with E-state index in [9.17, 15) is 13.6 Å². The van der Waals surface area contributed by atoms with Crippen molar-refractivity contribution in [1.29, 1.82) is 0 Å². The number of nitrogens with zero attached hydrogens (tertiary/aromatic N) is 2. The highest BCUT2D eigenvalue weighted by molar-refractivity contribution is 7.90. The van der Waals surface area contributed by atoms with Gasteiger partial charge in [0.2, 0.25) is 10.0 Å². The lowest BCUT2D eigenvalue weighted by molar-refractivity contribution is 0.0719. The highest BCUT2D eigenvalue weighted by Gasteiger charge is 2.63. The molecule has 2 bridgehead atoms. The van der Waals surface area contributed by atoms with Crippen LogP contribution < -0.4 is 0 Å². The Kier molecular flexibility index (Phi) is 3.58. The van der Waals surface area contributed by atoms with E-state index in [1.807, 2.05) is 0 Å². The molecule has 1 N–H and O–H groups in total. The second-order valence-electron chi connectivity index (χ2n) is 7.06. The Morgan fingerprint density at radius 2 is 1.95 bits per heavy atom. The van der Waals surface area contributed by atoms with E-state index < -0.39 is 15.3 Å². The average molecular weight is 316 g/mol. The molecule has 4 atom stereocenters. The van der Waals surface area contributed by atoms with Gasteiger partial charge in [-0.3, -0.25) is 0 Å². The van der Waals surface area contributed by atoms with Crippen LogP contribution in [0.2, 0.25) is 0 Å². The molecule has 1 heterocycles. The van der Waals surface area contributed by atoms with Crippen LogP contribution >= 0.6 is 0 Å². The Hall–Kier alpha value is -0.660. The zero-order valence-electron chi connectivity index (χ0n) is 12.8. The Balaban J connectivity index is 1.97. The minimum absolute atomic E-state index is 0.0243. The Bertz CT molecular complexity index is 551. The molecule has 0 spiro atoms. The first-order valence-electron chi connectivity index (χ1n) is 7.60. The zero-order chi connectivity index (χ0) is 15.4. The summed E-state index contributed by atoms with van der Waals surface area (Å²) in [4.78, 5) is 0. The summed E-state index contributed by atoms with van der Waals surface area (Å²) in [6.07, 6.45) is 0.807. The molecule has 3 fully saturated rings. The van der Waals surface area contributed by atoms with Crippen LogP contribution in [0.4, 0.5) is 0 Å². The molecule has 3 rings (SSSR count). The molecule has 1 aliphatic heterocycles. The predicted octanol–water partition coefficient (Wildman–Crippen LogP) is 1.16. The molecule has 21 heavy (non-hydrogen) atoms. The van der Waals surface area contributed by atoms with Crippen molar-refractivity contribution in [3.05, 3.63) is 0 Å². The first kappa shape index (κ1) is 15.2. The molecule has 120 valence electrons. The van der Waals surface area contributed by atoms with Crippen molar-refractivity contribution in [2.75, 3.05) is 26.3 Å². The fourth-order valence-corrected chi connectivity index (χ4v) is 6.78. The monoisotopic (exact) mass is 316 g/mol. The lowest BCUT2D eigenvalue weighted by atomic mass is 9.69. The summed E-state index contributed by atoms with van der Waals surface area (Å²) < 4.78 is 32.8. The molecule has 0 aromatic rings. The van der Waals surface area contributed by atoms with Crippen LogP contribution in [0.15, 0.2) is 5.16 Å². The molecular formula is C14H24N2O4S. The average Bonchev–Trinajstić information content (AvgIpc) is 2.96. The van der Waals surface area contributed by atoms with E-state index in [2.05, 4.69) is 25.9 Å². The number of morpholine rings is 1. The Morgan fingerprint density at radius 3 is 2.52 bits per heavy atom. The van der Waals surface area contributed by atoms with Crippen molar-refractivity contribution in [3.8, 4) is 0 Å². The maximum absolute atomic E-state index is 13.0. The van der Waals surface area contributed by atoms with E-state index in [1.54, 1.807) is 0 Å². The summed E-state index contributed by atoms with van der Waals surface area (Å²) in [6.45, 7) is 8.07. The van der Waals surface area contributed by atoms with Crippen LogP contribution in [0, 0.1) is 23.2 Å². The number of sulfonamides is 1. The lowest BCUT2D eigenvalue weighted by Gasteiger charge is -2.42. The molecule has 0 aromatic heterocycles. The highest BCUT2D eigenvalue weighted by Crippen LogP contribution is 2.59. The van der Waals surface area contributed by atoms with Crippen LogP contribution in [-0.4, -0.2) is 55.2 Å². The van der Waals surface area contributed by atoms with E-state index in [0.717, 1.165) is 6.42 Å². The second-order valence-corrected chi connectivity index (χ2v) is 9.11. The Morgan fingerprint density at radius 1 is 1.33 bits per heavy atom. The van der Waals surface area contributed by atoms with Crippen molar-refractivity contribution >= 4 is 15.7 Å². The molecular weight excluding hydrogens is 292 g/mol. The van der Waals surface area contributed by atoms with Gasteiger partial charge < -0.3 is 9.94 Å². The van der Waals surface area contributed by atoms with Crippen molar-refractivity contribution in [3.63, 3.8) is 0 Å². The van der Waals surface area contributed by atoms with E-state index in [-0.39, 0.29) is 17.3 Å². The third-order valence-electron chi connectivity index (χ3n) is 6.04. The number of rotatable bonds is 2. The van der Waals surface area contributed by atoms with Gasteiger partial charge in [-0.05, 0) is 23.7 Å². The van der Waals surface area contributed by atoms with E-state index >= 15 is 0 Å². The van der Waals surface area contributed by atoms with Crippen molar-refractivity contribution in [1.82, 2.24) is 4.31 Å². The van der Waals surface area contributed by atoms with Gasteiger partial charge in [0, 0.05) is 19.0 Å². The minimum Gasteiger partial charge on any atom is -0.411 e. The number of hydrogen-bond donors (Lipinski definition) is 1. The van der Waals surface area contributed by atoms with Crippen LogP contribution in [0.1, 0.15) is 27.2 Å². The molecule has 0 amide bonds. The molecule has 0 unspecified atom stereocenters. The smallest absolute Gasteiger partial charge is 0.222 e. The van der Waals surface area contributed by atoms with Gasteiger partial charge in [0.1, 0.15) is 5.25 Å². The van der Waals surface area contributed by atoms with E-state index in [4.69, 9.17) is 4.74 Å². The Labute approximate surface area is 126 Å². The minimum atomic E-state index is -3.49. The first-order chi connectivity index (χ1) is 9.81. The van der Waals surface area contributed by atoms with Gasteiger partial charge in [0.25, 0.3) is 0 Å². The third kappa shape index (κ3) is 2.04. The topological polar surface area (TPSA) is 79.2 Å². The van der Waals surface area contributed by atoms with Crippen LogP contribution in [0.5, 0.6) is 0 Å². The molecule has 0 aromatic carbocycles. The number of hydrogen-bond acceptors (Lipinski definition) is 5. The molecule has 7 heteroatoms. The zero-order valence-corrected chi connectivity index (χ0v) is 13.6. The van der Waals surface area contributed by atoms with Crippen molar-refractivity contribution < 1.29 is 18.4 Å². The fraction of sp³-hybridized carbons (Fsp3) is 0.929. The van der Waals surface area contributed by atoms with E-state index in [0.29, 0.717) is 37.9 Å². The normalized spacial score (nSPS) is 41.8. The molecule has 0 radical (unpaired) electrons. The number of fused-ring (bicyclic) bond motifs is 2. The lowest BCUT2D eigenvalue weighted by Crippen LogP contribution is -2.53. The molecule has 3 aliphatic rings. The molecule has 1 saturated heterocycles. The second kappa shape index (κ2) is 4.93. The summed E-state index contributed by atoms with van der Waals surface area (Å²) >= 11 is 0. The summed E-state index contributed by atoms with van der Waals surface area (Å²) in [5.41, 5.74) is 0.418. The summed E-state index contributed by atoms with van der Waals surface area (Å²) in [7, 11) is -3.49. The van der Waals surface area contributed by atoms with Gasteiger partial charge in [-0.25, -0.2) is 8.42 Å². The van der Waals surface area contributed by atoms with Gasteiger partial charge in [0.15, 0.2) is 0 Å². The largest absolute Gasteiger partial charge is 0.411 e. The fourth-order valence-electron chi connectivity index (χ4n) is 4.40. The van der Waals surface area contributed by atoms with E-state index in [1.165, 1.54) is 4.31 Å². The van der Waals surface area contributed by atoms with Gasteiger partial charge >= 0.3 is 0 Å². The first-order valence-corrected chi connectivity index (χ1v) is 9.10. The van der Waals surface area contributed by atoms with Crippen LogP contribution in [0.3, 0.4) is 0 Å². The van der Waals surface area contributed by atoms with Crippen molar-refractivity contribution in [2.45, 2.75) is 32.4 Å². The quantitative estimate of drug-likeness (QED) is 0.612. The van der Waals surface area contributed by atoms with Crippen LogP contribution in [0.25, 0.3) is 0 Å². The third-order valence-corrected chi connectivity index (χ3v) is 8.34. The number of ether oxygens (including phenoxy) is 1. The van der Waals surface area contributed by atoms with Crippen molar-refractivity contribution in [2.24, 2.45) is 28.3 Å². The maximum atomic E-state index is 13.0. The van der Waals surface area contributed by atoms with Gasteiger partial charge in [-0.15, -0.1) is 0 Å². The standard InChI is InChI=1S/C14H24N2O4S/c1-9-10-8-11(14(9,2)3)13(12(10)15-17)21(18,19)16-4-6-20-7-5-16/h9-11,13,17H,4-8H2,1-3H3/b15-12-/t9-,10+,11-,13+/m1/s1. The molecule has 6 nitrogen and oxygen atoms in total. The summed E-state index contributed by atoms with van der Waals surface area (Å²) in [6, 6.07) is 0.